The molecule has 0 aromatic heterocycles. The number of rotatable bonds is 1. The summed E-state index contributed by atoms with van der Waals surface area (Å²) < 4.78 is 12.8. The van der Waals surface area contributed by atoms with Crippen molar-refractivity contribution in [2.24, 2.45) is 0 Å². The molecule has 4 atom stereocenters. The van der Waals surface area contributed by atoms with E-state index in [2.05, 4.69) is 22.9 Å². The van der Waals surface area contributed by atoms with Crippen LogP contribution in [0.4, 0.5) is 0 Å². The van der Waals surface area contributed by atoms with Crippen molar-refractivity contribution in [2.75, 3.05) is 0 Å². The largest absolute Gasteiger partial charge is 0.487 e. The molecule has 1 aromatic rings. The van der Waals surface area contributed by atoms with Crippen molar-refractivity contribution >= 4 is 15.9 Å². The van der Waals surface area contributed by atoms with Crippen LogP contribution in [0.5, 0.6) is 5.75 Å². The summed E-state index contributed by atoms with van der Waals surface area (Å²) in [5.74, 6) is 0.774. The Morgan fingerprint density at radius 2 is 2.11 bits per heavy atom. The van der Waals surface area contributed by atoms with Crippen LogP contribution in [0.2, 0.25) is 0 Å². The molecule has 2 heterocycles. The van der Waals surface area contributed by atoms with Crippen molar-refractivity contribution in [3.63, 3.8) is 0 Å². The van der Waals surface area contributed by atoms with Crippen LogP contribution < -0.4 is 4.74 Å². The highest BCUT2D eigenvalue weighted by Gasteiger charge is 2.36. The third-order valence-corrected chi connectivity index (χ3v) is 4.24. The summed E-state index contributed by atoms with van der Waals surface area (Å²) in [5, 5.41) is 10.2. The number of fused-ring (bicyclic) bond motifs is 1. The van der Waals surface area contributed by atoms with Gasteiger partial charge in [-0.1, -0.05) is 22.0 Å². The summed E-state index contributed by atoms with van der Waals surface area (Å²) in [4.78, 5) is 0. The van der Waals surface area contributed by atoms with Crippen molar-refractivity contribution in [3.05, 3.63) is 28.2 Å². The third kappa shape index (κ3) is 2.29. The van der Waals surface area contributed by atoms with Crippen LogP contribution in [0.3, 0.4) is 0 Å². The monoisotopic (exact) mass is 312 g/mol. The minimum atomic E-state index is -0.452. The standard InChI is InChI=1S/C14H17BrO3/c1-8-2-5-12(17-8)14-7-11(16)10-4-3-9(15)6-13(10)18-14/h3-4,6,8,11-12,14,16H,2,5,7H2,1H3/t8?,11-,12?,14?/m0/s1. The summed E-state index contributed by atoms with van der Waals surface area (Å²) >= 11 is 3.43. The molecule has 0 amide bonds. The predicted octanol–water partition coefficient (Wildman–Crippen LogP) is 3.20. The molecule has 2 aliphatic rings. The zero-order valence-electron chi connectivity index (χ0n) is 10.3. The van der Waals surface area contributed by atoms with Crippen LogP contribution in [0.15, 0.2) is 22.7 Å². The normalized spacial score (nSPS) is 35.1. The molecule has 3 nitrogen and oxygen atoms in total. The maximum Gasteiger partial charge on any atom is 0.128 e. The van der Waals surface area contributed by atoms with E-state index in [-0.39, 0.29) is 12.2 Å². The Morgan fingerprint density at radius 1 is 1.28 bits per heavy atom. The van der Waals surface area contributed by atoms with Crippen LogP contribution in [-0.2, 0) is 4.74 Å². The first-order chi connectivity index (χ1) is 8.63. The van der Waals surface area contributed by atoms with Gasteiger partial charge in [0.05, 0.1) is 18.3 Å². The van der Waals surface area contributed by atoms with E-state index in [1.54, 1.807) is 0 Å². The van der Waals surface area contributed by atoms with Gasteiger partial charge in [-0.2, -0.15) is 0 Å². The molecule has 0 spiro atoms. The highest BCUT2D eigenvalue weighted by atomic mass is 79.9. The number of hydrogen-bond donors (Lipinski definition) is 1. The van der Waals surface area contributed by atoms with Gasteiger partial charge in [0.15, 0.2) is 0 Å². The lowest BCUT2D eigenvalue weighted by molar-refractivity contribution is -0.0465. The Balaban J connectivity index is 1.82. The highest BCUT2D eigenvalue weighted by Crippen LogP contribution is 2.39. The minimum Gasteiger partial charge on any atom is -0.487 e. The Labute approximate surface area is 115 Å². The van der Waals surface area contributed by atoms with Crippen molar-refractivity contribution in [1.29, 1.82) is 0 Å². The van der Waals surface area contributed by atoms with E-state index < -0.39 is 6.10 Å². The highest BCUT2D eigenvalue weighted by molar-refractivity contribution is 9.10. The fraction of sp³-hybridized carbons (Fsp3) is 0.571. The van der Waals surface area contributed by atoms with Gasteiger partial charge >= 0.3 is 0 Å². The molecule has 98 valence electrons. The molecule has 1 aromatic carbocycles. The van der Waals surface area contributed by atoms with E-state index in [0.717, 1.165) is 28.6 Å². The molecule has 3 unspecified atom stereocenters. The molecule has 4 heteroatoms. The fourth-order valence-electron chi connectivity index (χ4n) is 2.78. The van der Waals surface area contributed by atoms with Crippen molar-refractivity contribution < 1.29 is 14.6 Å². The van der Waals surface area contributed by atoms with E-state index in [1.165, 1.54) is 0 Å². The zero-order chi connectivity index (χ0) is 12.7. The molecular formula is C14H17BrO3. The number of aliphatic hydroxyl groups is 1. The SMILES string of the molecule is CC1CCC(C2C[C@H](O)c3ccc(Br)cc3O2)O1. The van der Waals surface area contributed by atoms with Gasteiger partial charge in [0.2, 0.25) is 0 Å². The fourth-order valence-corrected chi connectivity index (χ4v) is 3.12. The first-order valence-electron chi connectivity index (χ1n) is 6.43. The molecule has 2 aliphatic heterocycles. The number of benzene rings is 1. The number of hydrogen-bond acceptors (Lipinski definition) is 3. The summed E-state index contributed by atoms with van der Waals surface area (Å²) in [6.45, 7) is 2.09. The van der Waals surface area contributed by atoms with E-state index in [9.17, 15) is 5.11 Å². The lowest BCUT2D eigenvalue weighted by atomic mass is 9.95. The summed E-state index contributed by atoms with van der Waals surface area (Å²) in [5.41, 5.74) is 0.875. The van der Waals surface area contributed by atoms with Crippen LogP contribution in [0.1, 0.15) is 37.9 Å². The van der Waals surface area contributed by atoms with E-state index in [1.807, 2.05) is 18.2 Å². The molecule has 18 heavy (non-hydrogen) atoms. The molecule has 0 aliphatic carbocycles. The molecular weight excluding hydrogens is 296 g/mol. The quantitative estimate of drug-likeness (QED) is 0.865. The van der Waals surface area contributed by atoms with Crippen LogP contribution in [-0.4, -0.2) is 23.4 Å². The average Bonchev–Trinajstić information content (AvgIpc) is 2.75. The van der Waals surface area contributed by atoms with Crippen LogP contribution in [0.25, 0.3) is 0 Å². The number of halogens is 1. The number of ether oxygens (including phenoxy) is 2. The Hall–Kier alpha value is -0.580. The lowest BCUT2D eigenvalue weighted by Gasteiger charge is -2.33. The second-order valence-electron chi connectivity index (χ2n) is 5.15. The zero-order valence-corrected chi connectivity index (χ0v) is 11.9. The third-order valence-electron chi connectivity index (χ3n) is 3.75. The van der Waals surface area contributed by atoms with Gasteiger partial charge in [0.1, 0.15) is 11.9 Å². The van der Waals surface area contributed by atoms with Gasteiger partial charge in [-0.05, 0) is 31.9 Å². The first kappa shape index (κ1) is 12.5. The summed E-state index contributed by atoms with van der Waals surface area (Å²) in [6.07, 6.45) is 2.64. The smallest absolute Gasteiger partial charge is 0.128 e. The van der Waals surface area contributed by atoms with Crippen LogP contribution >= 0.6 is 15.9 Å². The maximum absolute atomic E-state index is 10.2. The van der Waals surface area contributed by atoms with E-state index in [0.29, 0.717) is 12.5 Å². The molecule has 1 N–H and O–H groups in total. The predicted molar refractivity (Wildman–Crippen MR) is 71.7 cm³/mol. The first-order valence-corrected chi connectivity index (χ1v) is 7.22. The van der Waals surface area contributed by atoms with Crippen molar-refractivity contribution in [3.8, 4) is 5.75 Å². The molecule has 0 bridgehead atoms. The van der Waals surface area contributed by atoms with Gasteiger partial charge in [0.25, 0.3) is 0 Å². The van der Waals surface area contributed by atoms with Gasteiger partial charge in [-0.15, -0.1) is 0 Å². The molecule has 1 saturated heterocycles. The van der Waals surface area contributed by atoms with Gasteiger partial charge in [-0.3, -0.25) is 0 Å². The molecule has 3 rings (SSSR count). The van der Waals surface area contributed by atoms with E-state index in [4.69, 9.17) is 9.47 Å². The Bertz CT molecular complexity index is 449. The maximum atomic E-state index is 10.2. The molecule has 0 radical (unpaired) electrons. The number of aliphatic hydroxyl groups excluding tert-OH is 1. The van der Waals surface area contributed by atoms with Crippen LogP contribution in [0, 0.1) is 0 Å². The van der Waals surface area contributed by atoms with Gasteiger partial charge in [-0.25, -0.2) is 0 Å². The second kappa shape index (κ2) is 4.83. The second-order valence-corrected chi connectivity index (χ2v) is 6.07. The summed E-state index contributed by atoms with van der Waals surface area (Å²) in [7, 11) is 0. The van der Waals surface area contributed by atoms with Crippen molar-refractivity contribution in [2.45, 2.75) is 50.6 Å². The summed E-state index contributed by atoms with van der Waals surface area (Å²) in [6, 6.07) is 5.77. The Kier molecular flexibility index (Phi) is 3.34. The average molecular weight is 313 g/mol. The molecule has 0 saturated carbocycles. The van der Waals surface area contributed by atoms with Crippen molar-refractivity contribution in [1.82, 2.24) is 0 Å². The topological polar surface area (TPSA) is 38.7 Å². The lowest BCUT2D eigenvalue weighted by Crippen LogP contribution is -2.36. The molecule has 1 fully saturated rings. The Morgan fingerprint density at radius 3 is 2.83 bits per heavy atom. The van der Waals surface area contributed by atoms with Gasteiger partial charge < -0.3 is 14.6 Å². The van der Waals surface area contributed by atoms with Gasteiger partial charge in [0, 0.05) is 16.5 Å². The minimum absolute atomic E-state index is 0.0354. The van der Waals surface area contributed by atoms with E-state index >= 15 is 0 Å².